The van der Waals surface area contributed by atoms with E-state index in [1.165, 1.54) is 34.4 Å². The fraction of sp³-hybridized carbons (Fsp3) is 0.389. The van der Waals surface area contributed by atoms with Gasteiger partial charge < -0.3 is 10.1 Å². The van der Waals surface area contributed by atoms with E-state index in [1.54, 1.807) is 12.0 Å². The number of benzene rings is 1. The van der Waals surface area contributed by atoms with Gasteiger partial charge in [-0.15, -0.1) is 10.2 Å². The van der Waals surface area contributed by atoms with Gasteiger partial charge in [0.05, 0.1) is 23.1 Å². The number of anilines is 2. The Balaban J connectivity index is 1.35. The summed E-state index contributed by atoms with van der Waals surface area (Å²) in [4.78, 5) is 30.6. The third-order valence-electron chi connectivity index (χ3n) is 4.25. The molecule has 0 spiro atoms. The molecule has 0 bridgehead atoms. The molecule has 1 aliphatic rings. The average molecular weight is 450 g/mol. The lowest BCUT2D eigenvalue weighted by molar-refractivity contribution is -0.118. The zero-order valence-electron chi connectivity index (χ0n) is 15.9. The molecule has 4 rings (SSSR count). The van der Waals surface area contributed by atoms with Gasteiger partial charge in [-0.2, -0.15) is 0 Å². The fourth-order valence-corrected chi connectivity index (χ4v) is 5.34. The van der Waals surface area contributed by atoms with Crippen molar-refractivity contribution in [3.8, 4) is 5.75 Å². The van der Waals surface area contributed by atoms with Crippen LogP contribution in [0.4, 0.5) is 10.3 Å². The number of fused-ring (bicyclic) bond motifs is 1. The molecular weight excluding hydrogens is 430 g/mol. The van der Waals surface area contributed by atoms with Gasteiger partial charge in [0.15, 0.2) is 9.47 Å². The lowest BCUT2D eigenvalue weighted by Gasteiger charge is -2.17. The van der Waals surface area contributed by atoms with Crippen molar-refractivity contribution < 1.29 is 14.3 Å². The Bertz CT molecular complexity index is 1050. The van der Waals surface area contributed by atoms with E-state index in [0.29, 0.717) is 21.0 Å². The third kappa shape index (κ3) is 4.68. The Labute approximate surface area is 179 Å². The zero-order chi connectivity index (χ0) is 20.4. The van der Waals surface area contributed by atoms with E-state index in [9.17, 15) is 9.59 Å². The molecule has 0 aliphatic heterocycles. The van der Waals surface area contributed by atoms with E-state index < -0.39 is 0 Å². The highest BCUT2D eigenvalue weighted by Crippen LogP contribution is 2.36. The van der Waals surface area contributed by atoms with Crippen LogP contribution < -0.4 is 15.0 Å². The summed E-state index contributed by atoms with van der Waals surface area (Å²) in [6.07, 6.45) is 2.45. The molecule has 152 valence electrons. The van der Waals surface area contributed by atoms with Gasteiger partial charge in [0, 0.05) is 12.5 Å². The fourth-order valence-electron chi connectivity index (χ4n) is 2.70. The number of hydrogen-bond acceptors (Lipinski definition) is 9. The number of carbonyl (C=O) groups is 2. The molecule has 0 atom stereocenters. The zero-order valence-corrected chi connectivity index (χ0v) is 18.3. The first-order valence-corrected chi connectivity index (χ1v) is 11.7. The highest BCUT2D eigenvalue weighted by Gasteiger charge is 2.35. The molecule has 1 N–H and O–H groups in total. The highest BCUT2D eigenvalue weighted by atomic mass is 32.2. The van der Waals surface area contributed by atoms with Crippen molar-refractivity contribution in [2.24, 2.45) is 0 Å². The number of hydrogen-bond donors (Lipinski definition) is 1. The second kappa shape index (κ2) is 8.64. The van der Waals surface area contributed by atoms with Crippen molar-refractivity contribution in [2.75, 3.05) is 23.1 Å². The standard InChI is InChI=1S/C18H19N5O3S3/c1-3-15(25)23(10-4-5-10)17-21-22-18(29-17)27-9-14(24)20-16-19-12-7-6-11(26-2)8-13(12)28-16/h6-8,10H,3-5,9H2,1-2H3,(H,19,20,24). The normalized spacial score (nSPS) is 13.4. The molecule has 8 nitrogen and oxygen atoms in total. The SMILES string of the molecule is CCC(=O)N(c1nnc(SCC(=O)Nc2nc3ccc(OC)cc3s2)s1)C1CC1. The summed E-state index contributed by atoms with van der Waals surface area (Å²) in [5.41, 5.74) is 0.813. The molecule has 1 aromatic carbocycles. The van der Waals surface area contributed by atoms with Crippen LogP contribution in [0.1, 0.15) is 26.2 Å². The smallest absolute Gasteiger partial charge is 0.236 e. The van der Waals surface area contributed by atoms with Crippen LogP contribution in [-0.2, 0) is 9.59 Å². The Morgan fingerprint density at radius 3 is 2.86 bits per heavy atom. The van der Waals surface area contributed by atoms with Gasteiger partial charge in [-0.1, -0.05) is 41.4 Å². The number of thiazole rings is 1. The summed E-state index contributed by atoms with van der Waals surface area (Å²) in [6.45, 7) is 1.84. The predicted molar refractivity (Wildman–Crippen MR) is 116 cm³/mol. The quantitative estimate of drug-likeness (QED) is 0.413. The topological polar surface area (TPSA) is 97.3 Å². The molecule has 2 amide bonds. The number of methoxy groups -OCH3 is 1. The van der Waals surface area contributed by atoms with Crippen molar-refractivity contribution in [1.29, 1.82) is 0 Å². The molecule has 0 radical (unpaired) electrons. The van der Waals surface area contributed by atoms with E-state index in [4.69, 9.17) is 4.74 Å². The summed E-state index contributed by atoms with van der Waals surface area (Å²) in [7, 11) is 1.61. The van der Waals surface area contributed by atoms with Gasteiger partial charge >= 0.3 is 0 Å². The van der Waals surface area contributed by atoms with Crippen molar-refractivity contribution in [3.63, 3.8) is 0 Å². The molecule has 0 saturated heterocycles. The van der Waals surface area contributed by atoms with Crippen molar-refractivity contribution >= 4 is 66.7 Å². The van der Waals surface area contributed by atoms with Crippen LogP contribution in [0, 0.1) is 0 Å². The van der Waals surface area contributed by atoms with Crippen LogP contribution in [0.3, 0.4) is 0 Å². The Morgan fingerprint density at radius 1 is 1.31 bits per heavy atom. The largest absolute Gasteiger partial charge is 0.497 e. The second-order valence-corrected chi connectivity index (χ2v) is 9.60. The van der Waals surface area contributed by atoms with E-state index in [0.717, 1.165) is 28.8 Å². The lowest BCUT2D eigenvalue weighted by atomic mass is 10.3. The molecule has 1 fully saturated rings. The third-order valence-corrected chi connectivity index (χ3v) is 7.24. The van der Waals surface area contributed by atoms with Crippen LogP contribution >= 0.6 is 34.4 Å². The van der Waals surface area contributed by atoms with Gasteiger partial charge in [-0.05, 0) is 31.0 Å². The molecule has 2 aromatic heterocycles. The number of nitrogens with one attached hydrogen (secondary N) is 1. The number of nitrogens with zero attached hydrogens (tertiary/aromatic N) is 4. The maximum atomic E-state index is 12.3. The number of ether oxygens (including phenoxy) is 1. The van der Waals surface area contributed by atoms with E-state index >= 15 is 0 Å². The first kappa shape index (κ1) is 20.0. The minimum atomic E-state index is -0.165. The number of carbonyl (C=O) groups excluding carboxylic acids is 2. The van der Waals surface area contributed by atoms with E-state index in [-0.39, 0.29) is 23.6 Å². The lowest BCUT2D eigenvalue weighted by Crippen LogP contribution is -2.32. The molecule has 1 saturated carbocycles. The van der Waals surface area contributed by atoms with Crippen molar-refractivity contribution in [2.45, 2.75) is 36.6 Å². The Morgan fingerprint density at radius 2 is 2.14 bits per heavy atom. The van der Waals surface area contributed by atoms with Crippen molar-refractivity contribution in [3.05, 3.63) is 18.2 Å². The van der Waals surface area contributed by atoms with Crippen LogP contribution in [-0.4, -0.2) is 45.9 Å². The maximum Gasteiger partial charge on any atom is 0.236 e. The monoisotopic (exact) mass is 449 g/mol. The number of amides is 2. The first-order valence-electron chi connectivity index (χ1n) is 9.10. The summed E-state index contributed by atoms with van der Waals surface area (Å²) in [5, 5.41) is 12.3. The first-order chi connectivity index (χ1) is 14.1. The molecule has 11 heteroatoms. The minimum Gasteiger partial charge on any atom is -0.497 e. The number of rotatable bonds is 8. The van der Waals surface area contributed by atoms with Gasteiger partial charge in [-0.25, -0.2) is 4.98 Å². The minimum absolute atomic E-state index is 0.0606. The van der Waals surface area contributed by atoms with Gasteiger partial charge in [0.2, 0.25) is 16.9 Å². The summed E-state index contributed by atoms with van der Waals surface area (Å²) in [5.74, 6) is 0.842. The maximum absolute atomic E-state index is 12.3. The van der Waals surface area contributed by atoms with Gasteiger partial charge in [0.25, 0.3) is 0 Å². The molecule has 0 unspecified atom stereocenters. The Hall–Kier alpha value is -2.24. The van der Waals surface area contributed by atoms with E-state index in [1.807, 2.05) is 25.1 Å². The van der Waals surface area contributed by atoms with Gasteiger partial charge in [-0.3, -0.25) is 14.5 Å². The molecule has 3 aromatic rings. The molecule has 2 heterocycles. The van der Waals surface area contributed by atoms with E-state index in [2.05, 4.69) is 20.5 Å². The predicted octanol–water partition coefficient (Wildman–Crippen LogP) is 3.79. The Kier molecular flexibility index (Phi) is 5.97. The molecular formula is C18H19N5O3S3. The second-order valence-electron chi connectivity index (χ2n) is 6.39. The summed E-state index contributed by atoms with van der Waals surface area (Å²) < 4.78 is 6.82. The highest BCUT2D eigenvalue weighted by molar-refractivity contribution is 8.01. The summed E-state index contributed by atoms with van der Waals surface area (Å²) >= 11 is 4.05. The molecule has 1 aliphatic carbocycles. The van der Waals surface area contributed by atoms with Crippen LogP contribution in [0.15, 0.2) is 22.5 Å². The van der Waals surface area contributed by atoms with Crippen LogP contribution in [0.5, 0.6) is 5.75 Å². The molecule has 29 heavy (non-hydrogen) atoms. The summed E-state index contributed by atoms with van der Waals surface area (Å²) in [6, 6.07) is 5.84. The van der Waals surface area contributed by atoms with Crippen molar-refractivity contribution in [1.82, 2.24) is 15.2 Å². The van der Waals surface area contributed by atoms with Gasteiger partial charge in [0.1, 0.15) is 5.75 Å². The average Bonchev–Trinajstić information content (AvgIpc) is 3.30. The van der Waals surface area contributed by atoms with Crippen LogP contribution in [0.25, 0.3) is 10.2 Å². The number of thioether (sulfide) groups is 1. The number of aromatic nitrogens is 3. The van der Waals surface area contributed by atoms with Crippen LogP contribution in [0.2, 0.25) is 0 Å².